The third kappa shape index (κ3) is 3.94. The van der Waals surface area contributed by atoms with Crippen molar-refractivity contribution in [2.24, 2.45) is 0 Å². The monoisotopic (exact) mass is 206 g/mol. The van der Waals surface area contributed by atoms with Crippen LogP contribution in [0, 0.1) is 0 Å². The standard InChI is InChI=1S/C12H14O3/c1-15-12(14)9-11-6-4-10(5-7-11)3-2-8-13/h4-8H,2-3,9H2,1H3. The van der Waals surface area contributed by atoms with Gasteiger partial charge in [-0.15, -0.1) is 0 Å². The SMILES string of the molecule is COC(=O)Cc1ccc(CCC=O)cc1. The second kappa shape index (κ2) is 5.96. The lowest BCUT2D eigenvalue weighted by Crippen LogP contribution is -2.04. The molecule has 1 rings (SSSR count). The lowest BCUT2D eigenvalue weighted by atomic mass is 10.1. The molecule has 0 aliphatic carbocycles. The molecule has 0 radical (unpaired) electrons. The summed E-state index contributed by atoms with van der Waals surface area (Å²) in [6.07, 6.45) is 2.49. The number of benzene rings is 1. The van der Waals surface area contributed by atoms with Crippen LogP contribution < -0.4 is 0 Å². The zero-order chi connectivity index (χ0) is 11.1. The molecule has 15 heavy (non-hydrogen) atoms. The molecule has 0 aromatic heterocycles. The van der Waals surface area contributed by atoms with Crippen molar-refractivity contribution in [1.29, 1.82) is 0 Å². The molecule has 0 saturated heterocycles. The molecule has 0 unspecified atom stereocenters. The lowest BCUT2D eigenvalue weighted by molar-refractivity contribution is -0.139. The van der Waals surface area contributed by atoms with Crippen molar-refractivity contribution in [1.82, 2.24) is 0 Å². The molecule has 1 aromatic carbocycles. The fourth-order valence-electron chi connectivity index (χ4n) is 1.29. The fourth-order valence-corrected chi connectivity index (χ4v) is 1.29. The van der Waals surface area contributed by atoms with Gasteiger partial charge in [-0.1, -0.05) is 24.3 Å². The molecule has 0 amide bonds. The van der Waals surface area contributed by atoms with E-state index in [0.29, 0.717) is 12.8 Å². The number of carbonyl (C=O) groups excluding carboxylic acids is 2. The van der Waals surface area contributed by atoms with Crippen LogP contribution in [-0.2, 0) is 27.2 Å². The van der Waals surface area contributed by atoms with Gasteiger partial charge in [-0.2, -0.15) is 0 Å². The second-order valence-corrected chi connectivity index (χ2v) is 3.27. The van der Waals surface area contributed by atoms with Crippen LogP contribution in [-0.4, -0.2) is 19.4 Å². The molecule has 1 aromatic rings. The maximum Gasteiger partial charge on any atom is 0.309 e. The van der Waals surface area contributed by atoms with E-state index in [1.807, 2.05) is 24.3 Å². The van der Waals surface area contributed by atoms with Gasteiger partial charge in [-0.25, -0.2) is 0 Å². The second-order valence-electron chi connectivity index (χ2n) is 3.27. The van der Waals surface area contributed by atoms with Gasteiger partial charge in [0.25, 0.3) is 0 Å². The molecule has 0 aliphatic rings. The predicted molar refractivity (Wildman–Crippen MR) is 56.5 cm³/mol. The van der Waals surface area contributed by atoms with Gasteiger partial charge < -0.3 is 9.53 Å². The van der Waals surface area contributed by atoms with E-state index in [1.165, 1.54) is 7.11 Å². The summed E-state index contributed by atoms with van der Waals surface area (Å²) < 4.78 is 4.56. The van der Waals surface area contributed by atoms with E-state index in [-0.39, 0.29) is 5.97 Å². The minimum absolute atomic E-state index is 0.240. The number of aryl methyl sites for hydroxylation is 1. The Kier molecular flexibility index (Phi) is 4.54. The largest absolute Gasteiger partial charge is 0.469 e. The van der Waals surface area contributed by atoms with Crippen molar-refractivity contribution in [2.45, 2.75) is 19.3 Å². The van der Waals surface area contributed by atoms with Crippen LogP contribution in [0.4, 0.5) is 0 Å². The van der Waals surface area contributed by atoms with Crippen LogP contribution in [0.2, 0.25) is 0 Å². The van der Waals surface area contributed by atoms with Gasteiger partial charge in [0.1, 0.15) is 6.29 Å². The maximum atomic E-state index is 11.0. The first-order chi connectivity index (χ1) is 7.26. The third-order valence-electron chi connectivity index (χ3n) is 2.15. The van der Waals surface area contributed by atoms with Crippen LogP contribution in [0.5, 0.6) is 0 Å². The number of ether oxygens (including phenoxy) is 1. The highest BCUT2D eigenvalue weighted by atomic mass is 16.5. The van der Waals surface area contributed by atoms with E-state index in [4.69, 9.17) is 0 Å². The summed E-state index contributed by atoms with van der Waals surface area (Å²) in [5.74, 6) is -0.240. The minimum atomic E-state index is -0.240. The number of rotatable bonds is 5. The molecule has 0 heterocycles. The normalized spacial score (nSPS) is 9.67. The lowest BCUT2D eigenvalue weighted by Gasteiger charge is -2.01. The van der Waals surface area contributed by atoms with Gasteiger partial charge in [-0.05, 0) is 17.5 Å². The molecular formula is C12H14O3. The number of methoxy groups -OCH3 is 1. The Morgan fingerprint density at radius 3 is 2.40 bits per heavy atom. The van der Waals surface area contributed by atoms with Crippen LogP contribution >= 0.6 is 0 Å². The molecule has 0 atom stereocenters. The number of carbonyl (C=O) groups is 2. The van der Waals surface area contributed by atoms with Crippen molar-refractivity contribution in [3.63, 3.8) is 0 Å². The summed E-state index contributed by atoms with van der Waals surface area (Å²) in [5, 5.41) is 0. The Hall–Kier alpha value is -1.64. The fraction of sp³-hybridized carbons (Fsp3) is 0.333. The van der Waals surface area contributed by atoms with Crippen molar-refractivity contribution < 1.29 is 14.3 Å². The van der Waals surface area contributed by atoms with Gasteiger partial charge >= 0.3 is 5.97 Å². The molecule has 0 spiro atoms. The van der Waals surface area contributed by atoms with Gasteiger partial charge in [0.05, 0.1) is 13.5 Å². The highest BCUT2D eigenvalue weighted by Crippen LogP contribution is 2.07. The third-order valence-corrected chi connectivity index (χ3v) is 2.15. The summed E-state index contributed by atoms with van der Waals surface area (Å²) in [6.45, 7) is 0. The molecule has 3 heteroatoms. The van der Waals surface area contributed by atoms with Gasteiger partial charge in [0.2, 0.25) is 0 Å². The van der Waals surface area contributed by atoms with Crippen molar-refractivity contribution in [3.8, 4) is 0 Å². The molecule has 0 saturated carbocycles. The quantitative estimate of drug-likeness (QED) is 0.542. The molecule has 0 fully saturated rings. The van der Waals surface area contributed by atoms with Crippen molar-refractivity contribution in [3.05, 3.63) is 35.4 Å². The molecule has 0 aliphatic heterocycles. The molecule has 80 valence electrons. The maximum absolute atomic E-state index is 11.0. The van der Waals surface area contributed by atoms with E-state index >= 15 is 0 Å². The molecule has 0 N–H and O–H groups in total. The van der Waals surface area contributed by atoms with Gasteiger partial charge in [0.15, 0.2) is 0 Å². The summed E-state index contributed by atoms with van der Waals surface area (Å²) in [7, 11) is 1.38. The van der Waals surface area contributed by atoms with E-state index in [2.05, 4.69) is 4.74 Å². The predicted octanol–water partition coefficient (Wildman–Crippen LogP) is 1.53. The molecular weight excluding hydrogens is 192 g/mol. The Bertz CT molecular complexity index is 327. The van der Waals surface area contributed by atoms with Crippen molar-refractivity contribution in [2.75, 3.05) is 7.11 Å². The molecule has 0 bridgehead atoms. The van der Waals surface area contributed by atoms with Gasteiger partial charge in [-0.3, -0.25) is 4.79 Å². The Morgan fingerprint density at radius 1 is 1.27 bits per heavy atom. The van der Waals surface area contributed by atoms with Crippen LogP contribution in [0.25, 0.3) is 0 Å². The number of aldehydes is 1. The topological polar surface area (TPSA) is 43.4 Å². The minimum Gasteiger partial charge on any atom is -0.469 e. The first kappa shape index (κ1) is 11.4. The summed E-state index contributed by atoms with van der Waals surface area (Å²) in [5.41, 5.74) is 2.03. The number of hydrogen-bond acceptors (Lipinski definition) is 3. The zero-order valence-corrected chi connectivity index (χ0v) is 8.73. The van der Waals surface area contributed by atoms with Crippen molar-refractivity contribution >= 4 is 12.3 Å². The molecule has 3 nitrogen and oxygen atoms in total. The number of hydrogen-bond donors (Lipinski definition) is 0. The van der Waals surface area contributed by atoms with Crippen LogP contribution in [0.3, 0.4) is 0 Å². The Morgan fingerprint density at radius 2 is 1.87 bits per heavy atom. The first-order valence-electron chi connectivity index (χ1n) is 4.84. The Balaban J connectivity index is 2.55. The van der Waals surface area contributed by atoms with Crippen LogP contribution in [0.1, 0.15) is 17.5 Å². The van der Waals surface area contributed by atoms with Gasteiger partial charge in [0, 0.05) is 6.42 Å². The Labute approximate surface area is 89.1 Å². The van der Waals surface area contributed by atoms with E-state index < -0.39 is 0 Å². The van der Waals surface area contributed by atoms with E-state index in [0.717, 1.165) is 23.8 Å². The average Bonchev–Trinajstić information content (AvgIpc) is 2.28. The average molecular weight is 206 g/mol. The first-order valence-corrected chi connectivity index (χ1v) is 4.84. The summed E-state index contributed by atoms with van der Waals surface area (Å²) in [6, 6.07) is 7.64. The number of esters is 1. The van der Waals surface area contributed by atoms with E-state index in [9.17, 15) is 9.59 Å². The smallest absolute Gasteiger partial charge is 0.309 e. The summed E-state index contributed by atoms with van der Waals surface area (Å²) >= 11 is 0. The van der Waals surface area contributed by atoms with Crippen LogP contribution in [0.15, 0.2) is 24.3 Å². The summed E-state index contributed by atoms with van der Waals surface area (Å²) in [4.78, 5) is 21.1. The highest BCUT2D eigenvalue weighted by Gasteiger charge is 2.02. The highest BCUT2D eigenvalue weighted by molar-refractivity contribution is 5.72. The van der Waals surface area contributed by atoms with E-state index in [1.54, 1.807) is 0 Å². The zero-order valence-electron chi connectivity index (χ0n) is 8.73.